The lowest BCUT2D eigenvalue weighted by Crippen LogP contribution is -2.36. The first-order valence-electron chi connectivity index (χ1n) is 3.51. The normalized spacial score (nSPS) is 29.7. The Hall–Kier alpha value is -0.140. The van der Waals surface area contributed by atoms with Crippen LogP contribution in [0.3, 0.4) is 0 Å². The Kier molecular flexibility index (Phi) is 3.09. The molecule has 0 radical (unpaired) electrons. The van der Waals surface area contributed by atoms with Gasteiger partial charge in [-0.15, -0.1) is 0 Å². The molecule has 0 N–H and O–H groups in total. The Bertz CT molecular complexity index is 79.0. The van der Waals surface area contributed by atoms with Gasteiger partial charge in [-0.2, -0.15) is 0 Å². The van der Waals surface area contributed by atoms with Gasteiger partial charge >= 0.3 is 0 Å². The second kappa shape index (κ2) is 3.14. The average Bonchev–Trinajstić information content (AvgIpc) is 1.90. The summed E-state index contributed by atoms with van der Waals surface area (Å²) in [6.45, 7) is 5.59. The number of rotatable bonds is 0. The van der Waals surface area contributed by atoms with Crippen LogP contribution in [0.15, 0.2) is 0 Å². The van der Waals surface area contributed by atoms with Crippen LogP contribution in [0, 0.1) is 5.92 Å². The lowest BCUT2D eigenvalue weighted by atomic mass is 9.83. The third kappa shape index (κ3) is 1.92. The molecule has 0 nitrogen and oxygen atoms in total. The van der Waals surface area contributed by atoms with E-state index in [1.807, 2.05) is 13.8 Å². The highest BCUT2D eigenvalue weighted by Gasteiger charge is 2.44. The van der Waals surface area contributed by atoms with E-state index in [1.165, 1.54) is 0 Å². The van der Waals surface area contributed by atoms with Gasteiger partial charge in [0.05, 0.1) is 0 Å². The van der Waals surface area contributed by atoms with Crippen molar-refractivity contribution in [2.24, 2.45) is 5.92 Å². The molecule has 0 heterocycles. The number of hydrogen-bond acceptors (Lipinski definition) is 0. The van der Waals surface area contributed by atoms with Gasteiger partial charge in [0.15, 0.2) is 0 Å². The summed E-state index contributed by atoms with van der Waals surface area (Å²) < 4.78 is 23.9. The maximum Gasteiger partial charge on any atom is 0.250 e. The van der Waals surface area contributed by atoms with Gasteiger partial charge in [-0.05, 0) is 6.42 Å². The first-order valence-corrected chi connectivity index (χ1v) is 3.51. The quantitative estimate of drug-likeness (QED) is 0.480. The zero-order valence-corrected chi connectivity index (χ0v) is 6.25. The summed E-state index contributed by atoms with van der Waals surface area (Å²) in [5.74, 6) is -2.67. The van der Waals surface area contributed by atoms with Crippen molar-refractivity contribution in [3.63, 3.8) is 0 Å². The van der Waals surface area contributed by atoms with Gasteiger partial charge in [-0.25, -0.2) is 8.78 Å². The van der Waals surface area contributed by atoms with Crippen LogP contribution in [0.4, 0.5) is 8.78 Å². The molecular weight excluding hydrogens is 122 g/mol. The average molecular weight is 136 g/mol. The van der Waals surface area contributed by atoms with E-state index >= 15 is 0 Å². The van der Waals surface area contributed by atoms with E-state index in [9.17, 15) is 8.78 Å². The van der Waals surface area contributed by atoms with Gasteiger partial charge < -0.3 is 0 Å². The van der Waals surface area contributed by atoms with Crippen molar-refractivity contribution >= 4 is 0 Å². The van der Waals surface area contributed by atoms with E-state index in [1.54, 1.807) is 6.92 Å². The van der Waals surface area contributed by atoms with Crippen LogP contribution < -0.4 is 0 Å². The predicted molar refractivity (Wildman–Crippen MR) is 34.7 cm³/mol. The molecule has 2 heteroatoms. The highest BCUT2D eigenvalue weighted by molar-refractivity contribution is 4.84. The summed E-state index contributed by atoms with van der Waals surface area (Å²) in [5.41, 5.74) is 0. The molecular formula is C7H14F2. The molecule has 56 valence electrons. The second-order valence-corrected chi connectivity index (χ2v) is 2.20. The van der Waals surface area contributed by atoms with Crippen LogP contribution in [-0.4, -0.2) is 5.92 Å². The Morgan fingerprint density at radius 3 is 1.67 bits per heavy atom. The monoisotopic (exact) mass is 136 g/mol. The molecule has 1 rings (SSSR count). The second-order valence-electron chi connectivity index (χ2n) is 2.20. The Morgan fingerprint density at radius 1 is 1.33 bits per heavy atom. The largest absolute Gasteiger partial charge is 0.250 e. The molecule has 0 aliphatic heterocycles. The van der Waals surface area contributed by atoms with Crippen LogP contribution in [0.1, 0.15) is 33.6 Å². The van der Waals surface area contributed by atoms with Crippen LogP contribution in [0.5, 0.6) is 0 Å². The van der Waals surface area contributed by atoms with Crippen molar-refractivity contribution in [2.45, 2.75) is 39.5 Å². The first kappa shape index (κ1) is 8.86. The molecule has 0 aromatic heterocycles. The Morgan fingerprint density at radius 2 is 1.67 bits per heavy atom. The number of halogens is 2. The summed E-state index contributed by atoms with van der Waals surface area (Å²) in [5, 5.41) is 0. The van der Waals surface area contributed by atoms with E-state index in [0.29, 0.717) is 6.42 Å². The molecule has 0 amide bonds. The Balaban J connectivity index is 0.000000291. The smallest absolute Gasteiger partial charge is 0.207 e. The fourth-order valence-electron chi connectivity index (χ4n) is 0.651. The zero-order valence-electron chi connectivity index (χ0n) is 6.25. The van der Waals surface area contributed by atoms with Crippen molar-refractivity contribution in [1.29, 1.82) is 0 Å². The first-order chi connectivity index (χ1) is 4.13. The molecule has 1 aliphatic rings. The van der Waals surface area contributed by atoms with Crippen LogP contribution in [-0.2, 0) is 0 Å². The van der Waals surface area contributed by atoms with Gasteiger partial charge in [0, 0.05) is 12.3 Å². The fraction of sp³-hybridized carbons (Fsp3) is 1.00. The van der Waals surface area contributed by atoms with Gasteiger partial charge in [0.25, 0.3) is 5.92 Å². The SMILES string of the molecule is CC.C[C@@H]1CCC1(F)F. The highest BCUT2D eigenvalue weighted by Crippen LogP contribution is 2.42. The lowest BCUT2D eigenvalue weighted by molar-refractivity contribution is -0.124. The molecule has 1 atom stereocenters. The lowest BCUT2D eigenvalue weighted by Gasteiger charge is -2.32. The van der Waals surface area contributed by atoms with Crippen LogP contribution in [0.2, 0.25) is 0 Å². The summed E-state index contributed by atoms with van der Waals surface area (Å²) in [6, 6.07) is 0. The van der Waals surface area contributed by atoms with E-state index in [2.05, 4.69) is 0 Å². The molecule has 0 aromatic carbocycles. The summed E-state index contributed by atoms with van der Waals surface area (Å²) in [6.07, 6.45) is 0.807. The molecule has 0 bridgehead atoms. The van der Waals surface area contributed by atoms with E-state index < -0.39 is 5.92 Å². The van der Waals surface area contributed by atoms with Crippen molar-refractivity contribution in [3.05, 3.63) is 0 Å². The maximum absolute atomic E-state index is 11.9. The van der Waals surface area contributed by atoms with Gasteiger partial charge in [0.1, 0.15) is 0 Å². The van der Waals surface area contributed by atoms with Crippen LogP contribution >= 0.6 is 0 Å². The molecule has 1 fully saturated rings. The standard InChI is InChI=1S/C5H8F2.C2H6/c1-4-2-3-5(4,6)7;1-2/h4H,2-3H2,1H3;1-2H3/t4-;/m1./s1. The fourth-order valence-corrected chi connectivity index (χ4v) is 0.651. The molecule has 1 saturated carbocycles. The summed E-state index contributed by atoms with van der Waals surface area (Å²) in [7, 11) is 0. The molecule has 0 saturated heterocycles. The third-order valence-corrected chi connectivity index (χ3v) is 1.63. The van der Waals surface area contributed by atoms with E-state index in [4.69, 9.17) is 0 Å². The molecule has 9 heavy (non-hydrogen) atoms. The minimum atomic E-state index is -2.32. The van der Waals surface area contributed by atoms with Crippen molar-refractivity contribution in [1.82, 2.24) is 0 Å². The van der Waals surface area contributed by atoms with E-state index in [0.717, 1.165) is 0 Å². The van der Waals surface area contributed by atoms with Crippen LogP contribution in [0.25, 0.3) is 0 Å². The van der Waals surface area contributed by atoms with Gasteiger partial charge in [-0.3, -0.25) is 0 Å². The topological polar surface area (TPSA) is 0 Å². The maximum atomic E-state index is 11.9. The van der Waals surface area contributed by atoms with Gasteiger partial charge in [0.2, 0.25) is 0 Å². The summed E-state index contributed by atoms with van der Waals surface area (Å²) in [4.78, 5) is 0. The third-order valence-electron chi connectivity index (χ3n) is 1.63. The van der Waals surface area contributed by atoms with Gasteiger partial charge in [-0.1, -0.05) is 20.8 Å². The van der Waals surface area contributed by atoms with E-state index in [-0.39, 0.29) is 12.3 Å². The molecule has 0 aromatic rings. The minimum Gasteiger partial charge on any atom is -0.207 e. The molecule has 0 unspecified atom stereocenters. The Labute approximate surface area is 55.3 Å². The van der Waals surface area contributed by atoms with Crippen molar-refractivity contribution in [2.75, 3.05) is 0 Å². The van der Waals surface area contributed by atoms with Crippen molar-refractivity contribution in [3.8, 4) is 0 Å². The van der Waals surface area contributed by atoms with Crippen molar-refractivity contribution < 1.29 is 8.78 Å². The minimum absolute atomic E-state index is 0.105. The molecule has 0 spiro atoms. The summed E-state index contributed by atoms with van der Waals surface area (Å²) >= 11 is 0. The highest BCUT2D eigenvalue weighted by atomic mass is 19.3. The zero-order chi connectivity index (χ0) is 7.49. The number of alkyl halides is 2. The number of hydrogen-bond donors (Lipinski definition) is 0. The molecule has 1 aliphatic carbocycles. The predicted octanol–water partition coefficient (Wildman–Crippen LogP) is 3.08.